The number of aliphatic hydroxyl groups excluding tert-OH is 1. The van der Waals surface area contributed by atoms with Gasteiger partial charge in [0.1, 0.15) is 0 Å². The van der Waals surface area contributed by atoms with Gasteiger partial charge in [-0.1, -0.05) is 32.8 Å². The van der Waals surface area contributed by atoms with Gasteiger partial charge in [-0.25, -0.2) is 4.98 Å². The van der Waals surface area contributed by atoms with E-state index in [9.17, 15) is 9.90 Å². The number of benzene rings is 1. The normalized spacial score (nSPS) is 10.6. The summed E-state index contributed by atoms with van der Waals surface area (Å²) in [6, 6.07) is 6.19. The predicted molar refractivity (Wildman–Crippen MR) is 212 cm³/mol. The Bertz CT molecular complexity index is 2060. The van der Waals surface area contributed by atoms with Gasteiger partial charge in [0, 0.05) is 37.6 Å². The molecule has 3 rings (SSSR count). The largest absolute Gasteiger partial charge is 0.389 e. The minimum atomic E-state index is -0.516. The van der Waals surface area contributed by atoms with E-state index < -0.39 is 6.10 Å². The van der Waals surface area contributed by atoms with Gasteiger partial charge in [0.05, 0.1) is 17.1 Å². The molecule has 0 radical (unpaired) electrons. The van der Waals surface area contributed by atoms with Crippen molar-refractivity contribution >= 4 is 22.9 Å². The van der Waals surface area contributed by atoms with E-state index in [1.54, 1.807) is 18.8 Å². The van der Waals surface area contributed by atoms with E-state index >= 15 is 0 Å². The first-order chi connectivity index (χ1) is 23.2. The summed E-state index contributed by atoms with van der Waals surface area (Å²) < 4.78 is 2.15. The highest BCUT2D eigenvalue weighted by atomic mass is 16.7. The van der Waals surface area contributed by atoms with Gasteiger partial charge >= 0.3 is 0 Å². The SMILES string of the molecule is C#CC#CC#CC#CC#CC#CC#CC#CC#CC.CC(O)c1ccc2nc(NC(=O)[C@@H](C)C(C)C)n(C3CCC3)c2c1.O=O.[HH].[HH].[HH].[HH].[HH].[HH].[HH].[HH].[HH].[HH].[HH].[N-]=[N+]=N. The standard InChI is InChI=1S/C19H27N3O2.C19H4.HN3.O2.11H2/c1-11(2)12(3)18(24)21-19-20-16-9-8-14(13(4)23)10-17(16)22(19)15-6-5-7-15;1-3-5-7-9-11-13-15-17-19-18-16-14-12-10-8-6-4-2;1-3-2;1-2;;;;;;;;;;;/h8-13,15,23H,5-7H2,1-4H3,(H,20,21,24);1H,2H3;1H;;11*1H/t12-,13?;;;;;;;;;;;;;;/m0............../s1. The molecule has 1 aliphatic rings. The number of fused-ring (bicyclic) bond motifs is 1. The first-order valence-electron chi connectivity index (χ1n) is 14.3. The highest BCUT2D eigenvalue weighted by Crippen LogP contribution is 2.38. The molecular formula is C38H54N6O4. The van der Waals surface area contributed by atoms with E-state index in [-0.39, 0.29) is 33.4 Å². The van der Waals surface area contributed by atoms with Crippen molar-refractivity contribution in [2.75, 3.05) is 5.32 Å². The third kappa shape index (κ3) is 15.7. The van der Waals surface area contributed by atoms with Crippen molar-refractivity contribution in [3.8, 4) is 107 Å². The second-order valence-corrected chi connectivity index (χ2v) is 9.71. The first kappa shape index (κ1) is 41.1. The van der Waals surface area contributed by atoms with Crippen LogP contribution >= 0.6 is 0 Å². The molecule has 0 saturated heterocycles. The monoisotopic (exact) mass is 658 g/mol. The van der Waals surface area contributed by atoms with Gasteiger partial charge in [-0.15, -0.1) is 12.0 Å². The summed E-state index contributed by atoms with van der Waals surface area (Å²) >= 11 is 0. The Kier molecular flexibility index (Phi) is 21.7. The fourth-order valence-electron chi connectivity index (χ4n) is 3.50. The van der Waals surface area contributed by atoms with Crippen LogP contribution in [0.3, 0.4) is 0 Å². The molecule has 1 saturated carbocycles. The molecule has 0 spiro atoms. The lowest BCUT2D eigenvalue weighted by molar-refractivity contribution is -0.120. The summed E-state index contributed by atoms with van der Waals surface area (Å²) in [6.07, 6.45) is 7.79. The van der Waals surface area contributed by atoms with Crippen LogP contribution in [-0.2, 0) is 4.79 Å². The molecular weight excluding hydrogens is 604 g/mol. The number of amides is 1. The Morgan fingerprint density at radius 2 is 1.42 bits per heavy atom. The number of nitrogens with one attached hydrogen (secondary N) is 2. The summed E-state index contributed by atoms with van der Waals surface area (Å²) in [4.78, 5) is 32.9. The Morgan fingerprint density at radius 3 is 1.79 bits per heavy atom. The minimum Gasteiger partial charge on any atom is -0.389 e. The Morgan fingerprint density at radius 1 is 0.958 bits per heavy atom. The fraction of sp³-hybridized carbons (Fsp3) is 0.316. The number of carbonyl (C=O) groups is 1. The lowest BCUT2D eigenvalue weighted by atomic mass is 9.92. The van der Waals surface area contributed by atoms with E-state index in [0.29, 0.717) is 12.0 Å². The van der Waals surface area contributed by atoms with Crippen molar-refractivity contribution in [2.24, 2.45) is 11.8 Å². The van der Waals surface area contributed by atoms with E-state index in [0.717, 1.165) is 29.4 Å². The van der Waals surface area contributed by atoms with Crippen LogP contribution in [-0.4, -0.2) is 20.6 Å². The molecule has 1 unspecified atom stereocenters. The van der Waals surface area contributed by atoms with Gasteiger partial charge in [0.15, 0.2) is 0 Å². The molecule has 2 atom stereocenters. The van der Waals surface area contributed by atoms with Crippen molar-refractivity contribution in [1.29, 1.82) is 5.53 Å². The molecule has 48 heavy (non-hydrogen) atoms. The number of hydrogen-bond acceptors (Lipinski definition) is 6. The number of aromatic nitrogens is 2. The van der Waals surface area contributed by atoms with Crippen molar-refractivity contribution in [2.45, 2.75) is 66.0 Å². The number of carbonyl (C=O) groups excluding carboxylic acids is 1. The van der Waals surface area contributed by atoms with Gasteiger partial charge < -0.3 is 9.67 Å². The van der Waals surface area contributed by atoms with Crippen LogP contribution in [0.15, 0.2) is 18.2 Å². The molecule has 1 aromatic carbocycles. The molecule has 0 aliphatic heterocycles. The Hall–Kier alpha value is -6.93. The molecule has 10 heteroatoms. The van der Waals surface area contributed by atoms with Gasteiger partial charge in [0.25, 0.3) is 0 Å². The van der Waals surface area contributed by atoms with Crippen LogP contribution in [0.1, 0.15) is 87.3 Å². The van der Waals surface area contributed by atoms with Crippen LogP contribution in [0.4, 0.5) is 5.95 Å². The number of rotatable bonds is 5. The fourth-order valence-corrected chi connectivity index (χ4v) is 3.50. The zero-order valence-electron chi connectivity index (χ0n) is 27.2. The summed E-state index contributed by atoms with van der Waals surface area (Å²) in [6.45, 7) is 9.51. The maximum absolute atomic E-state index is 12.5. The van der Waals surface area contributed by atoms with Crippen LogP contribution in [0.5, 0.6) is 0 Å². The number of hydrogen-bond donors (Lipinski definition) is 3. The lowest BCUT2D eigenvalue weighted by Gasteiger charge is -2.29. The van der Waals surface area contributed by atoms with Crippen LogP contribution in [0.2, 0.25) is 0 Å². The molecule has 1 heterocycles. The average Bonchev–Trinajstić information content (AvgIpc) is 3.39. The third-order valence-corrected chi connectivity index (χ3v) is 6.36. The van der Waals surface area contributed by atoms with E-state index in [2.05, 4.69) is 116 Å². The van der Waals surface area contributed by atoms with E-state index in [4.69, 9.17) is 27.4 Å². The molecule has 1 fully saturated rings. The molecule has 260 valence electrons. The molecule has 1 aliphatic carbocycles. The Labute approximate surface area is 298 Å². The van der Waals surface area contributed by atoms with E-state index in [1.165, 1.54) is 6.42 Å². The highest BCUT2D eigenvalue weighted by Gasteiger charge is 2.27. The summed E-state index contributed by atoms with van der Waals surface area (Å²) in [5.74, 6) is 42.8. The molecule has 0 bridgehead atoms. The topological polar surface area (TPSA) is 162 Å². The van der Waals surface area contributed by atoms with Gasteiger partial charge in [0.2, 0.25) is 11.9 Å². The summed E-state index contributed by atoms with van der Waals surface area (Å²) in [5, 5.41) is 12.9. The van der Waals surface area contributed by atoms with Crippen molar-refractivity contribution in [1.82, 2.24) is 9.55 Å². The molecule has 1 amide bonds. The number of aliphatic hydroxyl groups is 1. The first-order valence-corrected chi connectivity index (χ1v) is 14.3. The van der Waals surface area contributed by atoms with Gasteiger partial charge in [-0.05, 0) is 162 Å². The van der Waals surface area contributed by atoms with E-state index in [1.807, 2.05) is 39.0 Å². The second kappa shape index (κ2) is 25.4. The summed E-state index contributed by atoms with van der Waals surface area (Å²) in [7, 11) is 0. The second-order valence-electron chi connectivity index (χ2n) is 9.71. The minimum absolute atomic E-state index is 0. The zero-order chi connectivity index (χ0) is 36.2. The highest BCUT2D eigenvalue weighted by molar-refractivity contribution is 5.93. The van der Waals surface area contributed by atoms with Crippen molar-refractivity contribution in [3.05, 3.63) is 44.1 Å². The number of nitrogens with zero attached hydrogens (tertiary/aromatic N) is 4. The number of imidazole rings is 1. The van der Waals surface area contributed by atoms with Crippen LogP contribution < -0.4 is 5.32 Å². The maximum Gasteiger partial charge on any atom is 0.229 e. The lowest BCUT2D eigenvalue weighted by Crippen LogP contribution is -2.27. The smallest absolute Gasteiger partial charge is 0.229 e. The maximum atomic E-state index is 12.5. The van der Waals surface area contributed by atoms with Crippen molar-refractivity contribution in [3.63, 3.8) is 0 Å². The van der Waals surface area contributed by atoms with Gasteiger partial charge in [-0.3, -0.25) is 10.1 Å². The molecule has 10 nitrogen and oxygen atoms in total. The molecule has 2 aromatic rings. The van der Waals surface area contributed by atoms with Crippen LogP contribution in [0, 0.1) is 134 Å². The number of anilines is 1. The predicted octanol–water partition coefficient (Wildman–Crippen LogP) is 8.36. The third-order valence-electron chi connectivity index (χ3n) is 6.36. The number of terminal acetylenes is 1. The molecule has 1 aromatic heterocycles. The van der Waals surface area contributed by atoms with Gasteiger partial charge in [-0.2, -0.15) is 0 Å². The van der Waals surface area contributed by atoms with Crippen molar-refractivity contribution < 1.29 is 25.6 Å². The summed E-state index contributed by atoms with van der Waals surface area (Å²) in [5.41, 5.74) is 15.0. The van der Waals surface area contributed by atoms with Crippen LogP contribution in [0.25, 0.3) is 21.5 Å². The average molecular weight is 659 g/mol. The molecule has 3 N–H and O–H groups in total. The quantitative estimate of drug-likeness (QED) is 0.127. The Balaban J connectivity index is -0.0000000586. The zero-order valence-corrected chi connectivity index (χ0v) is 27.2.